The van der Waals surface area contributed by atoms with Crippen molar-refractivity contribution in [2.24, 2.45) is 18.9 Å². The summed E-state index contributed by atoms with van der Waals surface area (Å²) < 4.78 is 7.31. The third-order valence-electron chi connectivity index (χ3n) is 3.31. The number of aliphatic hydroxyl groups excluding tert-OH is 1. The molecule has 1 saturated heterocycles. The Labute approximate surface area is 89.9 Å². The van der Waals surface area contributed by atoms with Gasteiger partial charge in [-0.15, -0.1) is 0 Å². The van der Waals surface area contributed by atoms with E-state index < -0.39 is 6.29 Å². The fourth-order valence-electron chi connectivity index (χ4n) is 2.30. The Kier molecular flexibility index (Phi) is 3.07. The molecule has 0 amide bonds. The molecule has 1 aliphatic rings. The van der Waals surface area contributed by atoms with Gasteiger partial charge in [0.25, 0.3) is 0 Å². The van der Waals surface area contributed by atoms with Gasteiger partial charge in [-0.1, -0.05) is 6.92 Å². The number of imidazole rings is 1. The quantitative estimate of drug-likeness (QED) is 0.808. The first kappa shape index (κ1) is 10.6. The Morgan fingerprint density at radius 2 is 2.47 bits per heavy atom. The maximum absolute atomic E-state index is 9.61. The highest BCUT2D eigenvalue weighted by Crippen LogP contribution is 2.30. The molecule has 1 fully saturated rings. The lowest BCUT2D eigenvalue weighted by Gasteiger charge is -2.17. The molecule has 0 aliphatic carbocycles. The monoisotopic (exact) mass is 210 g/mol. The van der Waals surface area contributed by atoms with Crippen LogP contribution in [-0.2, 0) is 18.2 Å². The summed E-state index contributed by atoms with van der Waals surface area (Å²) >= 11 is 0. The predicted molar refractivity (Wildman–Crippen MR) is 56.1 cm³/mol. The first-order valence-corrected chi connectivity index (χ1v) is 5.47. The average Bonchev–Trinajstić information content (AvgIpc) is 2.76. The van der Waals surface area contributed by atoms with Crippen LogP contribution in [0.2, 0.25) is 0 Å². The van der Waals surface area contributed by atoms with Crippen molar-refractivity contribution >= 4 is 0 Å². The van der Waals surface area contributed by atoms with Crippen molar-refractivity contribution in [3.8, 4) is 0 Å². The van der Waals surface area contributed by atoms with Crippen LogP contribution < -0.4 is 0 Å². The van der Waals surface area contributed by atoms with Crippen LogP contribution in [0.5, 0.6) is 0 Å². The van der Waals surface area contributed by atoms with Gasteiger partial charge in [-0.05, 0) is 18.8 Å². The second-order valence-corrected chi connectivity index (χ2v) is 4.26. The summed E-state index contributed by atoms with van der Waals surface area (Å²) in [6, 6.07) is 0. The van der Waals surface area contributed by atoms with E-state index in [-0.39, 0.29) is 5.92 Å². The maximum Gasteiger partial charge on any atom is 0.157 e. The van der Waals surface area contributed by atoms with Gasteiger partial charge in [-0.3, -0.25) is 0 Å². The molecule has 0 aromatic carbocycles. The molecule has 4 nitrogen and oxygen atoms in total. The minimum absolute atomic E-state index is 0.264. The van der Waals surface area contributed by atoms with Crippen LogP contribution in [-0.4, -0.2) is 27.6 Å². The van der Waals surface area contributed by atoms with Crippen molar-refractivity contribution in [3.63, 3.8) is 0 Å². The molecule has 1 aromatic heterocycles. The van der Waals surface area contributed by atoms with Gasteiger partial charge in [-0.2, -0.15) is 0 Å². The summed E-state index contributed by atoms with van der Waals surface area (Å²) in [6.45, 7) is 2.75. The zero-order valence-electron chi connectivity index (χ0n) is 9.26. The fraction of sp³-hybridized carbons (Fsp3) is 0.727. The highest BCUT2D eigenvalue weighted by molar-refractivity contribution is 5.00. The minimum atomic E-state index is -0.576. The van der Waals surface area contributed by atoms with Crippen LogP contribution in [0.15, 0.2) is 12.5 Å². The Morgan fingerprint density at radius 1 is 1.67 bits per heavy atom. The number of rotatable bonds is 3. The molecule has 3 atom stereocenters. The Balaban J connectivity index is 2.03. The summed E-state index contributed by atoms with van der Waals surface area (Å²) in [5.74, 6) is 0.681. The minimum Gasteiger partial charge on any atom is -0.368 e. The molecule has 1 aliphatic heterocycles. The summed E-state index contributed by atoms with van der Waals surface area (Å²) in [7, 11) is 2.00. The van der Waals surface area contributed by atoms with Gasteiger partial charge < -0.3 is 14.4 Å². The Bertz CT molecular complexity index is 324. The van der Waals surface area contributed by atoms with E-state index >= 15 is 0 Å². The lowest BCUT2D eigenvalue weighted by Crippen LogP contribution is -2.21. The van der Waals surface area contributed by atoms with Gasteiger partial charge in [0.2, 0.25) is 0 Å². The number of aryl methyl sites for hydroxylation is 1. The third kappa shape index (κ3) is 2.06. The molecular formula is C11H18N2O2. The number of ether oxygens (including phenoxy) is 1. The van der Waals surface area contributed by atoms with Gasteiger partial charge in [0.1, 0.15) is 0 Å². The van der Waals surface area contributed by atoms with E-state index in [1.165, 1.54) is 5.69 Å². The van der Waals surface area contributed by atoms with E-state index in [9.17, 15) is 5.11 Å². The second-order valence-electron chi connectivity index (χ2n) is 4.26. The predicted octanol–water partition coefficient (Wildman–Crippen LogP) is 0.954. The van der Waals surface area contributed by atoms with Gasteiger partial charge >= 0.3 is 0 Å². The van der Waals surface area contributed by atoms with E-state index in [0.717, 1.165) is 12.8 Å². The molecule has 0 spiro atoms. The highest BCUT2D eigenvalue weighted by Gasteiger charge is 2.34. The fourth-order valence-corrected chi connectivity index (χ4v) is 2.30. The van der Waals surface area contributed by atoms with E-state index in [1.807, 2.05) is 24.1 Å². The van der Waals surface area contributed by atoms with Crippen LogP contribution in [0.4, 0.5) is 0 Å². The smallest absolute Gasteiger partial charge is 0.157 e. The van der Waals surface area contributed by atoms with E-state index in [0.29, 0.717) is 12.5 Å². The van der Waals surface area contributed by atoms with Crippen molar-refractivity contribution in [2.45, 2.75) is 26.1 Å². The second kappa shape index (κ2) is 4.33. The topological polar surface area (TPSA) is 47.3 Å². The number of nitrogens with zero attached hydrogens (tertiary/aromatic N) is 2. The van der Waals surface area contributed by atoms with Gasteiger partial charge in [0.15, 0.2) is 6.29 Å². The van der Waals surface area contributed by atoms with Gasteiger partial charge in [-0.25, -0.2) is 4.98 Å². The number of hydrogen-bond donors (Lipinski definition) is 1. The van der Waals surface area contributed by atoms with E-state index in [4.69, 9.17) is 4.74 Å². The van der Waals surface area contributed by atoms with Crippen LogP contribution in [0, 0.1) is 11.8 Å². The summed E-state index contributed by atoms with van der Waals surface area (Å²) in [5, 5.41) is 9.61. The molecule has 0 bridgehead atoms. The van der Waals surface area contributed by atoms with Crippen molar-refractivity contribution in [1.29, 1.82) is 0 Å². The lowest BCUT2D eigenvalue weighted by molar-refractivity contribution is -0.0827. The molecule has 0 radical (unpaired) electrons. The van der Waals surface area contributed by atoms with Crippen molar-refractivity contribution in [2.75, 3.05) is 6.61 Å². The maximum atomic E-state index is 9.61. The van der Waals surface area contributed by atoms with Gasteiger partial charge in [0.05, 0.1) is 12.9 Å². The van der Waals surface area contributed by atoms with Crippen LogP contribution in [0.1, 0.15) is 19.0 Å². The Morgan fingerprint density at radius 3 is 3.07 bits per heavy atom. The molecular weight excluding hydrogens is 192 g/mol. The molecule has 84 valence electrons. The third-order valence-corrected chi connectivity index (χ3v) is 3.31. The van der Waals surface area contributed by atoms with E-state index in [1.54, 1.807) is 0 Å². The van der Waals surface area contributed by atoms with Crippen LogP contribution in [0.25, 0.3) is 0 Å². The number of hydrogen-bond acceptors (Lipinski definition) is 3. The first-order chi connectivity index (χ1) is 7.22. The molecule has 4 heteroatoms. The molecule has 2 rings (SSSR count). The molecule has 15 heavy (non-hydrogen) atoms. The Hall–Kier alpha value is -0.870. The first-order valence-electron chi connectivity index (χ1n) is 5.47. The highest BCUT2D eigenvalue weighted by atomic mass is 16.6. The molecule has 1 N–H and O–H groups in total. The van der Waals surface area contributed by atoms with Crippen molar-refractivity contribution in [1.82, 2.24) is 9.55 Å². The zero-order chi connectivity index (χ0) is 10.8. The van der Waals surface area contributed by atoms with Crippen molar-refractivity contribution in [3.05, 3.63) is 18.2 Å². The normalized spacial score (nSPS) is 31.0. The summed E-state index contributed by atoms with van der Waals surface area (Å²) in [5.41, 5.74) is 1.20. The molecule has 0 saturated carbocycles. The van der Waals surface area contributed by atoms with Crippen LogP contribution >= 0.6 is 0 Å². The average molecular weight is 210 g/mol. The lowest BCUT2D eigenvalue weighted by atomic mass is 9.89. The SMILES string of the molecule is CCC1C(O)OC[C@@H]1Cc1cncn1C. The largest absolute Gasteiger partial charge is 0.368 e. The summed E-state index contributed by atoms with van der Waals surface area (Å²) in [4.78, 5) is 4.09. The van der Waals surface area contributed by atoms with E-state index in [2.05, 4.69) is 11.9 Å². The van der Waals surface area contributed by atoms with Crippen molar-refractivity contribution < 1.29 is 9.84 Å². The molecule has 2 unspecified atom stereocenters. The van der Waals surface area contributed by atoms with Crippen LogP contribution in [0.3, 0.4) is 0 Å². The zero-order valence-corrected chi connectivity index (χ0v) is 9.26. The standard InChI is InChI=1S/C11H18N2O2/c1-3-10-8(6-15-11(10)14)4-9-5-12-7-13(9)2/h5,7-8,10-11,14H,3-4,6H2,1-2H3/t8-,10?,11?/m0/s1. The van der Waals surface area contributed by atoms with Gasteiger partial charge in [0, 0.05) is 24.9 Å². The molecule has 2 heterocycles. The number of aliphatic hydroxyl groups is 1. The molecule has 1 aromatic rings. The number of aromatic nitrogens is 2. The summed E-state index contributed by atoms with van der Waals surface area (Å²) in [6.07, 6.45) is 5.02.